The predicted molar refractivity (Wildman–Crippen MR) is 67.8 cm³/mol. The molecule has 0 saturated carbocycles. The number of hydrogen-bond acceptors (Lipinski definition) is 3. The van der Waals surface area contributed by atoms with Gasteiger partial charge in [0.2, 0.25) is 0 Å². The van der Waals surface area contributed by atoms with Crippen LogP contribution in [0, 0.1) is 13.8 Å². The van der Waals surface area contributed by atoms with E-state index in [1.54, 1.807) is 0 Å². The van der Waals surface area contributed by atoms with Crippen LogP contribution in [0.4, 0.5) is 5.82 Å². The van der Waals surface area contributed by atoms with Crippen LogP contribution in [0.3, 0.4) is 0 Å². The van der Waals surface area contributed by atoms with E-state index in [4.69, 9.17) is 0 Å². The summed E-state index contributed by atoms with van der Waals surface area (Å²) in [7, 11) is 2.06. The zero-order valence-corrected chi connectivity index (χ0v) is 11.6. The minimum atomic E-state index is 0.0488. The number of alkyl halides is 1. The molecule has 0 fully saturated rings. The van der Waals surface area contributed by atoms with Gasteiger partial charge in [-0.25, -0.2) is 9.97 Å². The lowest BCUT2D eigenvalue weighted by Crippen LogP contribution is -2.43. The molecule has 0 bridgehead atoms. The number of aryl methyl sites for hydroxylation is 2. The normalized spacial score (nSPS) is 11.6. The molecule has 0 saturated heterocycles. The first-order valence-corrected chi connectivity index (χ1v) is 6.11. The first-order valence-electron chi connectivity index (χ1n) is 4.99. The van der Waals surface area contributed by atoms with E-state index in [0.29, 0.717) is 0 Å². The van der Waals surface area contributed by atoms with Crippen LogP contribution in [-0.4, -0.2) is 27.9 Å². The van der Waals surface area contributed by atoms with Gasteiger partial charge in [0.15, 0.2) is 0 Å². The third-order valence-corrected chi connectivity index (χ3v) is 3.90. The lowest BCUT2D eigenvalue weighted by Gasteiger charge is -2.35. The van der Waals surface area contributed by atoms with Crippen molar-refractivity contribution in [3.05, 3.63) is 17.6 Å². The summed E-state index contributed by atoms with van der Waals surface area (Å²) in [5, 5.41) is 0.901. The minimum absolute atomic E-state index is 0.0488. The van der Waals surface area contributed by atoms with Crippen LogP contribution in [-0.2, 0) is 0 Å². The first kappa shape index (κ1) is 12.4. The van der Waals surface area contributed by atoms with E-state index in [9.17, 15) is 0 Å². The molecule has 0 amide bonds. The molecule has 1 aromatic heterocycles. The Hall–Kier alpha value is -0.640. The quantitative estimate of drug-likeness (QED) is 0.792. The van der Waals surface area contributed by atoms with Crippen LogP contribution in [0.1, 0.15) is 25.4 Å². The van der Waals surface area contributed by atoms with E-state index >= 15 is 0 Å². The van der Waals surface area contributed by atoms with Gasteiger partial charge in [-0.05, 0) is 27.7 Å². The fraction of sp³-hybridized carbons (Fsp3) is 0.636. The van der Waals surface area contributed by atoms with Crippen LogP contribution in [0.2, 0.25) is 0 Å². The highest BCUT2D eigenvalue weighted by molar-refractivity contribution is 9.09. The van der Waals surface area contributed by atoms with E-state index in [1.807, 2.05) is 19.9 Å². The Balaban J connectivity index is 3.06. The number of aromatic nitrogens is 2. The van der Waals surface area contributed by atoms with Gasteiger partial charge >= 0.3 is 0 Å². The molecule has 84 valence electrons. The summed E-state index contributed by atoms with van der Waals surface area (Å²) in [4.78, 5) is 10.9. The number of rotatable bonds is 3. The Morgan fingerprint density at radius 2 is 1.93 bits per heavy atom. The fourth-order valence-electron chi connectivity index (χ4n) is 1.27. The molecule has 15 heavy (non-hydrogen) atoms. The van der Waals surface area contributed by atoms with Gasteiger partial charge in [0.1, 0.15) is 11.6 Å². The lowest BCUT2D eigenvalue weighted by molar-refractivity contribution is 0.545. The van der Waals surface area contributed by atoms with Crippen LogP contribution in [0.5, 0.6) is 0 Å². The van der Waals surface area contributed by atoms with Gasteiger partial charge in [-0.15, -0.1) is 0 Å². The Morgan fingerprint density at radius 3 is 2.40 bits per heavy atom. The van der Waals surface area contributed by atoms with E-state index in [0.717, 1.165) is 22.7 Å². The zero-order chi connectivity index (χ0) is 11.6. The summed E-state index contributed by atoms with van der Waals surface area (Å²) in [5.41, 5.74) is 1.06. The maximum atomic E-state index is 4.44. The van der Waals surface area contributed by atoms with Gasteiger partial charge in [0.05, 0.1) is 0 Å². The summed E-state index contributed by atoms with van der Waals surface area (Å²) < 4.78 is 0. The summed E-state index contributed by atoms with van der Waals surface area (Å²) >= 11 is 3.52. The SMILES string of the molecule is Cc1cc(N(C)C(C)(C)CBr)nc(C)n1. The molecule has 0 aliphatic carbocycles. The summed E-state index contributed by atoms with van der Waals surface area (Å²) in [6.07, 6.45) is 0. The van der Waals surface area contributed by atoms with Gasteiger partial charge < -0.3 is 4.90 Å². The highest BCUT2D eigenvalue weighted by Crippen LogP contribution is 2.22. The van der Waals surface area contributed by atoms with E-state index in [2.05, 4.69) is 51.7 Å². The molecule has 0 atom stereocenters. The van der Waals surface area contributed by atoms with Crippen LogP contribution in [0.15, 0.2) is 6.07 Å². The van der Waals surface area contributed by atoms with Crippen LogP contribution in [0.25, 0.3) is 0 Å². The average molecular weight is 272 g/mol. The maximum absolute atomic E-state index is 4.44. The summed E-state index contributed by atoms with van der Waals surface area (Å²) in [5.74, 6) is 1.80. The summed E-state index contributed by atoms with van der Waals surface area (Å²) in [6.45, 7) is 8.27. The molecule has 0 unspecified atom stereocenters. The van der Waals surface area contributed by atoms with Crippen molar-refractivity contribution < 1.29 is 0 Å². The summed E-state index contributed by atoms with van der Waals surface area (Å²) in [6, 6.07) is 2.01. The van der Waals surface area contributed by atoms with Crippen molar-refractivity contribution in [2.45, 2.75) is 33.2 Å². The molecule has 1 heterocycles. The first-order chi connectivity index (χ1) is 6.86. The predicted octanol–water partition coefficient (Wildman–Crippen LogP) is 2.70. The molecule has 4 heteroatoms. The highest BCUT2D eigenvalue weighted by atomic mass is 79.9. The van der Waals surface area contributed by atoms with Gasteiger partial charge in [-0.3, -0.25) is 0 Å². The molecule has 0 aliphatic rings. The van der Waals surface area contributed by atoms with Crippen molar-refractivity contribution in [1.29, 1.82) is 0 Å². The second-order valence-corrected chi connectivity index (χ2v) is 4.98. The third-order valence-electron chi connectivity index (χ3n) is 2.53. The monoisotopic (exact) mass is 271 g/mol. The smallest absolute Gasteiger partial charge is 0.132 e. The number of hydrogen-bond donors (Lipinski definition) is 0. The molecule has 3 nitrogen and oxygen atoms in total. The van der Waals surface area contributed by atoms with Gasteiger partial charge in [-0.1, -0.05) is 15.9 Å². The maximum Gasteiger partial charge on any atom is 0.132 e. The topological polar surface area (TPSA) is 29.0 Å². The molecule has 0 aliphatic heterocycles. The van der Waals surface area contributed by atoms with Crippen molar-refractivity contribution in [1.82, 2.24) is 9.97 Å². The Bertz CT molecular complexity index is 329. The standard InChI is InChI=1S/C11H18BrN3/c1-8-6-10(14-9(2)13-8)15(5)11(3,4)7-12/h6H,7H2,1-5H3. The number of anilines is 1. The molecule has 0 N–H and O–H groups in total. The van der Waals surface area contributed by atoms with Crippen molar-refractivity contribution in [3.8, 4) is 0 Å². The second-order valence-electron chi connectivity index (χ2n) is 4.42. The Morgan fingerprint density at radius 1 is 1.33 bits per heavy atom. The molecular weight excluding hydrogens is 254 g/mol. The third kappa shape index (κ3) is 2.91. The molecule has 0 radical (unpaired) electrons. The number of nitrogens with zero attached hydrogens (tertiary/aromatic N) is 3. The van der Waals surface area contributed by atoms with Gasteiger partial charge in [-0.2, -0.15) is 0 Å². The fourth-order valence-corrected chi connectivity index (χ4v) is 1.65. The molecule has 1 rings (SSSR count). The lowest BCUT2D eigenvalue weighted by atomic mass is 10.1. The molecule has 0 aromatic carbocycles. The van der Waals surface area contributed by atoms with Gasteiger partial charge in [0, 0.05) is 29.7 Å². The van der Waals surface area contributed by atoms with Crippen molar-refractivity contribution in [3.63, 3.8) is 0 Å². The Kier molecular flexibility index (Phi) is 3.71. The van der Waals surface area contributed by atoms with Gasteiger partial charge in [0.25, 0.3) is 0 Å². The highest BCUT2D eigenvalue weighted by Gasteiger charge is 2.23. The van der Waals surface area contributed by atoms with Crippen LogP contribution < -0.4 is 4.90 Å². The molecular formula is C11H18BrN3. The second kappa shape index (κ2) is 4.47. The molecule has 0 spiro atoms. The minimum Gasteiger partial charge on any atom is -0.354 e. The van der Waals surface area contributed by atoms with Crippen molar-refractivity contribution in [2.24, 2.45) is 0 Å². The molecule has 1 aromatic rings. The van der Waals surface area contributed by atoms with Crippen molar-refractivity contribution in [2.75, 3.05) is 17.3 Å². The van der Waals surface area contributed by atoms with E-state index in [1.165, 1.54) is 0 Å². The van der Waals surface area contributed by atoms with E-state index < -0.39 is 0 Å². The largest absolute Gasteiger partial charge is 0.354 e. The number of halogens is 1. The zero-order valence-electron chi connectivity index (χ0n) is 10.0. The Labute approximate surface area is 100 Å². The van der Waals surface area contributed by atoms with E-state index in [-0.39, 0.29) is 5.54 Å². The van der Waals surface area contributed by atoms with Crippen LogP contribution >= 0.6 is 15.9 Å². The van der Waals surface area contributed by atoms with Crippen molar-refractivity contribution >= 4 is 21.7 Å². The average Bonchev–Trinajstić information content (AvgIpc) is 2.15.